The van der Waals surface area contributed by atoms with E-state index in [9.17, 15) is 22.8 Å². The lowest BCUT2D eigenvalue weighted by Crippen LogP contribution is -2.36. The largest absolute Gasteiger partial charge is 0.406 e. The quantitative estimate of drug-likeness (QED) is 0.925. The van der Waals surface area contributed by atoms with Crippen molar-refractivity contribution >= 4 is 17.6 Å². The summed E-state index contributed by atoms with van der Waals surface area (Å²) in [6.45, 7) is 0.201. The molecule has 0 bridgehead atoms. The SMILES string of the molecule is Cc1cccnc1NC(=O)C1CC(=O)N(CC(F)(F)F)C1. The Balaban J connectivity index is 1.99. The number of nitrogens with one attached hydrogen (secondary N) is 1. The number of likely N-dealkylation sites (tertiary alicyclic amines) is 1. The van der Waals surface area contributed by atoms with Crippen LogP contribution >= 0.6 is 0 Å². The summed E-state index contributed by atoms with van der Waals surface area (Å²) in [6.07, 6.45) is -3.18. The predicted molar refractivity (Wildman–Crippen MR) is 68.3 cm³/mol. The fraction of sp³-hybridized carbons (Fsp3) is 0.462. The first-order valence-corrected chi connectivity index (χ1v) is 6.33. The third-order valence-electron chi connectivity index (χ3n) is 3.21. The second-order valence-electron chi connectivity index (χ2n) is 4.95. The predicted octanol–water partition coefficient (Wildman–Crippen LogP) is 1.74. The van der Waals surface area contributed by atoms with Crippen LogP contribution in [-0.2, 0) is 9.59 Å². The van der Waals surface area contributed by atoms with Gasteiger partial charge in [0.2, 0.25) is 11.8 Å². The Hall–Kier alpha value is -2.12. The van der Waals surface area contributed by atoms with Gasteiger partial charge in [0, 0.05) is 19.2 Å². The number of pyridine rings is 1. The molecule has 114 valence electrons. The Labute approximate surface area is 119 Å². The fourth-order valence-corrected chi connectivity index (χ4v) is 2.15. The van der Waals surface area contributed by atoms with Crippen LogP contribution in [-0.4, -0.2) is 41.0 Å². The highest BCUT2D eigenvalue weighted by Crippen LogP contribution is 2.24. The van der Waals surface area contributed by atoms with Crippen molar-refractivity contribution in [3.63, 3.8) is 0 Å². The van der Waals surface area contributed by atoms with Gasteiger partial charge in [0.15, 0.2) is 0 Å². The van der Waals surface area contributed by atoms with E-state index in [1.165, 1.54) is 6.20 Å². The maximum absolute atomic E-state index is 12.3. The molecule has 5 nitrogen and oxygen atoms in total. The third kappa shape index (κ3) is 3.93. The zero-order valence-corrected chi connectivity index (χ0v) is 11.3. The van der Waals surface area contributed by atoms with Crippen LogP contribution in [0.5, 0.6) is 0 Å². The fourth-order valence-electron chi connectivity index (χ4n) is 2.15. The molecule has 2 amide bonds. The Morgan fingerprint density at radius 1 is 1.52 bits per heavy atom. The summed E-state index contributed by atoms with van der Waals surface area (Å²) in [7, 11) is 0. The van der Waals surface area contributed by atoms with Crippen molar-refractivity contribution in [3.05, 3.63) is 23.9 Å². The number of nitrogens with zero attached hydrogens (tertiary/aromatic N) is 2. The van der Waals surface area contributed by atoms with E-state index in [0.717, 1.165) is 5.56 Å². The van der Waals surface area contributed by atoms with E-state index >= 15 is 0 Å². The van der Waals surface area contributed by atoms with E-state index in [4.69, 9.17) is 0 Å². The van der Waals surface area contributed by atoms with Gasteiger partial charge < -0.3 is 10.2 Å². The molecule has 1 aromatic rings. The maximum Gasteiger partial charge on any atom is 0.406 e. The maximum atomic E-state index is 12.3. The number of alkyl halides is 3. The molecule has 2 rings (SSSR count). The molecule has 1 aliphatic rings. The lowest BCUT2D eigenvalue weighted by Gasteiger charge is -2.18. The van der Waals surface area contributed by atoms with E-state index < -0.39 is 30.5 Å². The van der Waals surface area contributed by atoms with E-state index in [0.29, 0.717) is 10.7 Å². The van der Waals surface area contributed by atoms with Gasteiger partial charge in [-0.15, -0.1) is 0 Å². The Kier molecular flexibility index (Phi) is 4.15. The number of halogens is 3. The first-order valence-electron chi connectivity index (χ1n) is 6.33. The lowest BCUT2D eigenvalue weighted by atomic mass is 10.1. The first-order chi connectivity index (χ1) is 9.76. The number of anilines is 1. The van der Waals surface area contributed by atoms with Crippen LogP contribution < -0.4 is 5.32 Å². The summed E-state index contributed by atoms with van der Waals surface area (Å²) in [4.78, 5) is 28.2. The lowest BCUT2D eigenvalue weighted by molar-refractivity contribution is -0.157. The van der Waals surface area contributed by atoms with Gasteiger partial charge in [0.05, 0.1) is 5.92 Å². The number of aromatic nitrogens is 1. The Bertz CT molecular complexity index is 560. The van der Waals surface area contributed by atoms with Crippen LogP contribution in [0.3, 0.4) is 0 Å². The minimum Gasteiger partial charge on any atom is -0.333 e. The smallest absolute Gasteiger partial charge is 0.333 e. The van der Waals surface area contributed by atoms with Crippen LogP contribution in [0.2, 0.25) is 0 Å². The molecule has 1 unspecified atom stereocenters. The van der Waals surface area contributed by atoms with Crippen LogP contribution in [0.1, 0.15) is 12.0 Å². The van der Waals surface area contributed by atoms with Gasteiger partial charge in [0.1, 0.15) is 12.4 Å². The van der Waals surface area contributed by atoms with Gasteiger partial charge in [-0.25, -0.2) is 4.98 Å². The number of hydrogen-bond donors (Lipinski definition) is 1. The molecule has 2 heterocycles. The van der Waals surface area contributed by atoms with Crippen molar-refractivity contribution < 1.29 is 22.8 Å². The van der Waals surface area contributed by atoms with Crippen LogP contribution in [0.15, 0.2) is 18.3 Å². The van der Waals surface area contributed by atoms with Crippen molar-refractivity contribution in [2.24, 2.45) is 5.92 Å². The monoisotopic (exact) mass is 301 g/mol. The molecule has 0 aliphatic carbocycles. The zero-order valence-electron chi connectivity index (χ0n) is 11.3. The standard InChI is InChI=1S/C13H14F3N3O2/c1-8-3-2-4-17-11(8)18-12(21)9-5-10(20)19(6-9)7-13(14,15)16/h2-4,9H,5-7H2,1H3,(H,17,18,21). The summed E-state index contributed by atoms with van der Waals surface area (Å²) >= 11 is 0. The number of amides is 2. The number of hydrogen-bond acceptors (Lipinski definition) is 3. The highest BCUT2D eigenvalue weighted by atomic mass is 19.4. The topological polar surface area (TPSA) is 62.3 Å². The third-order valence-corrected chi connectivity index (χ3v) is 3.21. The van der Waals surface area contributed by atoms with Crippen molar-refractivity contribution in [2.75, 3.05) is 18.4 Å². The van der Waals surface area contributed by atoms with Gasteiger partial charge in [-0.1, -0.05) is 6.07 Å². The molecule has 0 spiro atoms. The molecule has 8 heteroatoms. The normalized spacial score (nSPS) is 19.0. The minimum atomic E-state index is -4.46. The second-order valence-corrected chi connectivity index (χ2v) is 4.95. The molecule has 0 saturated carbocycles. The molecule has 1 saturated heterocycles. The molecular formula is C13H14F3N3O2. The van der Waals surface area contributed by atoms with Crippen molar-refractivity contribution in [1.82, 2.24) is 9.88 Å². The molecule has 0 aromatic carbocycles. The van der Waals surface area contributed by atoms with Crippen molar-refractivity contribution in [2.45, 2.75) is 19.5 Å². The van der Waals surface area contributed by atoms with Crippen LogP contribution in [0.25, 0.3) is 0 Å². The molecule has 1 aromatic heterocycles. The molecule has 1 atom stereocenters. The molecule has 21 heavy (non-hydrogen) atoms. The van der Waals surface area contributed by atoms with Crippen molar-refractivity contribution in [1.29, 1.82) is 0 Å². The zero-order chi connectivity index (χ0) is 15.6. The van der Waals surface area contributed by atoms with Gasteiger partial charge in [0.25, 0.3) is 0 Å². The van der Waals surface area contributed by atoms with Gasteiger partial charge >= 0.3 is 6.18 Å². The van der Waals surface area contributed by atoms with E-state index in [-0.39, 0.29) is 13.0 Å². The number of aryl methyl sites for hydroxylation is 1. The summed E-state index contributed by atoms with van der Waals surface area (Å²) in [5, 5.41) is 2.55. The summed E-state index contributed by atoms with van der Waals surface area (Å²) < 4.78 is 36.9. The molecule has 1 fully saturated rings. The number of rotatable bonds is 3. The molecule has 1 N–H and O–H groups in total. The van der Waals surface area contributed by atoms with E-state index in [2.05, 4.69) is 10.3 Å². The number of carbonyl (C=O) groups excluding carboxylic acids is 2. The Morgan fingerprint density at radius 2 is 2.24 bits per heavy atom. The summed E-state index contributed by atoms with van der Waals surface area (Å²) in [5.74, 6) is -1.59. The average molecular weight is 301 g/mol. The van der Waals surface area contributed by atoms with Gasteiger partial charge in [-0.2, -0.15) is 13.2 Å². The summed E-state index contributed by atoms with van der Waals surface area (Å²) in [6, 6.07) is 3.45. The Morgan fingerprint density at radius 3 is 2.86 bits per heavy atom. The number of carbonyl (C=O) groups is 2. The minimum absolute atomic E-state index is 0.214. The van der Waals surface area contributed by atoms with Crippen LogP contribution in [0.4, 0.5) is 19.0 Å². The second kappa shape index (κ2) is 5.71. The molecule has 1 aliphatic heterocycles. The van der Waals surface area contributed by atoms with E-state index in [1.54, 1.807) is 19.1 Å². The highest BCUT2D eigenvalue weighted by Gasteiger charge is 2.40. The van der Waals surface area contributed by atoms with Crippen molar-refractivity contribution in [3.8, 4) is 0 Å². The van der Waals surface area contributed by atoms with Gasteiger partial charge in [-0.3, -0.25) is 9.59 Å². The highest BCUT2D eigenvalue weighted by molar-refractivity contribution is 5.97. The average Bonchev–Trinajstić information content (AvgIpc) is 2.72. The van der Waals surface area contributed by atoms with Crippen LogP contribution in [0, 0.1) is 12.8 Å². The molecular weight excluding hydrogens is 287 g/mol. The van der Waals surface area contributed by atoms with E-state index in [1.807, 2.05) is 0 Å². The summed E-state index contributed by atoms with van der Waals surface area (Å²) in [5.41, 5.74) is 0.738. The van der Waals surface area contributed by atoms with Gasteiger partial charge in [-0.05, 0) is 18.6 Å². The first kappa shape index (κ1) is 15.3. The molecule has 0 radical (unpaired) electrons.